The summed E-state index contributed by atoms with van der Waals surface area (Å²) in [6, 6.07) is 13.1. The van der Waals surface area contributed by atoms with E-state index in [0.29, 0.717) is 48.5 Å². The number of carbonyl (C=O) groups excluding carboxylic acids is 3. The van der Waals surface area contributed by atoms with E-state index < -0.39 is 6.16 Å². The van der Waals surface area contributed by atoms with E-state index in [9.17, 15) is 14.4 Å². The van der Waals surface area contributed by atoms with Crippen LogP contribution in [0.25, 0.3) is 0 Å². The Hall–Kier alpha value is -3.55. The molecule has 1 saturated heterocycles. The van der Waals surface area contributed by atoms with Crippen molar-refractivity contribution in [2.45, 2.75) is 25.8 Å². The molecule has 0 unspecified atom stereocenters. The second-order valence-electron chi connectivity index (χ2n) is 6.97. The molecule has 30 heavy (non-hydrogen) atoms. The third kappa shape index (κ3) is 5.50. The average Bonchev–Trinajstić information content (AvgIpc) is 2.75. The third-order valence-electron chi connectivity index (χ3n) is 4.85. The number of nitrogens with two attached hydrogens (primary N) is 1. The van der Waals surface area contributed by atoms with Crippen LogP contribution in [0.1, 0.15) is 40.5 Å². The first-order valence-electron chi connectivity index (χ1n) is 9.86. The number of carbonyl (C=O) groups is 3. The molecule has 1 aliphatic rings. The molecule has 0 aliphatic carbocycles. The zero-order chi connectivity index (χ0) is 21.5. The van der Waals surface area contributed by atoms with Gasteiger partial charge in [0.25, 0.3) is 11.8 Å². The lowest BCUT2D eigenvalue weighted by molar-refractivity contribution is 0.0698. The highest BCUT2D eigenvalue weighted by molar-refractivity contribution is 5.95. The Kier molecular flexibility index (Phi) is 6.90. The van der Waals surface area contributed by atoms with Crippen LogP contribution in [0.15, 0.2) is 48.5 Å². The summed E-state index contributed by atoms with van der Waals surface area (Å²) in [6.07, 6.45) is 0.576. The van der Waals surface area contributed by atoms with Crippen molar-refractivity contribution in [2.75, 3.05) is 25.4 Å². The van der Waals surface area contributed by atoms with E-state index in [1.165, 1.54) is 0 Å². The van der Waals surface area contributed by atoms with Gasteiger partial charge in [-0.25, -0.2) is 4.79 Å². The number of nitrogens with zero attached hydrogens (tertiary/aromatic N) is 1. The molecule has 1 aliphatic heterocycles. The van der Waals surface area contributed by atoms with Crippen molar-refractivity contribution >= 4 is 23.7 Å². The molecular formula is C22H25N3O5. The first-order chi connectivity index (χ1) is 14.5. The summed E-state index contributed by atoms with van der Waals surface area (Å²) in [7, 11) is 0. The van der Waals surface area contributed by atoms with E-state index in [-0.39, 0.29) is 24.5 Å². The summed E-state index contributed by atoms with van der Waals surface area (Å²) >= 11 is 0. The predicted molar refractivity (Wildman–Crippen MR) is 111 cm³/mol. The molecule has 8 heteroatoms. The maximum atomic E-state index is 12.7. The first kappa shape index (κ1) is 21.2. The largest absolute Gasteiger partial charge is 0.513 e. The van der Waals surface area contributed by atoms with Gasteiger partial charge in [-0.1, -0.05) is 0 Å². The molecule has 8 nitrogen and oxygen atoms in total. The number of piperidine rings is 1. The van der Waals surface area contributed by atoms with Crippen LogP contribution in [0, 0.1) is 0 Å². The topological polar surface area (TPSA) is 111 Å². The smallest absolute Gasteiger partial charge is 0.434 e. The monoisotopic (exact) mass is 411 g/mol. The van der Waals surface area contributed by atoms with Gasteiger partial charge in [0.1, 0.15) is 5.75 Å². The van der Waals surface area contributed by atoms with Crippen molar-refractivity contribution in [1.82, 2.24) is 10.2 Å². The number of ether oxygens (including phenoxy) is 2. The number of likely N-dealkylation sites (tertiary alicyclic amines) is 1. The van der Waals surface area contributed by atoms with Crippen LogP contribution in [0.2, 0.25) is 0 Å². The molecule has 0 spiro atoms. The van der Waals surface area contributed by atoms with E-state index in [1.807, 2.05) is 0 Å². The van der Waals surface area contributed by atoms with Gasteiger partial charge in [0, 0.05) is 35.9 Å². The first-order valence-corrected chi connectivity index (χ1v) is 9.86. The fraction of sp³-hybridized carbons (Fsp3) is 0.318. The van der Waals surface area contributed by atoms with Crippen LogP contribution in [-0.4, -0.2) is 48.6 Å². The number of hydrogen-bond donors (Lipinski definition) is 2. The normalized spacial score (nSPS) is 14.1. The van der Waals surface area contributed by atoms with Crippen LogP contribution in [0.4, 0.5) is 10.5 Å². The lowest BCUT2D eigenvalue weighted by Crippen LogP contribution is -2.46. The molecule has 158 valence electrons. The molecule has 0 radical (unpaired) electrons. The highest BCUT2D eigenvalue weighted by Crippen LogP contribution is 2.18. The summed E-state index contributed by atoms with van der Waals surface area (Å²) in [5.41, 5.74) is 7.33. The number of hydrogen-bond acceptors (Lipinski definition) is 6. The van der Waals surface area contributed by atoms with E-state index in [2.05, 4.69) is 5.32 Å². The predicted octanol–water partition coefficient (Wildman–Crippen LogP) is 2.84. The molecule has 3 N–H and O–H groups in total. The molecule has 1 fully saturated rings. The Balaban J connectivity index is 1.49. The highest BCUT2D eigenvalue weighted by Gasteiger charge is 2.25. The summed E-state index contributed by atoms with van der Waals surface area (Å²) in [6.45, 7) is 3.01. The zero-order valence-corrected chi connectivity index (χ0v) is 16.8. The number of benzene rings is 2. The van der Waals surface area contributed by atoms with Gasteiger partial charge >= 0.3 is 6.16 Å². The number of anilines is 1. The van der Waals surface area contributed by atoms with E-state index in [4.69, 9.17) is 15.2 Å². The lowest BCUT2D eigenvalue weighted by atomic mass is 10.0. The van der Waals surface area contributed by atoms with Gasteiger partial charge in [-0.05, 0) is 68.3 Å². The Morgan fingerprint density at radius 3 is 2.20 bits per heavy atom. The zero-order valence-electron chi connectivity index (χ0n) is 16.8. The van der Waals surface area contributed by atoms with Crippen LogP contribution in [-0.2, 0) is 4.74 Å². The van der Waals surface area contributed by atoms with Gasteiger partial charge in [-0.3, -0.25) is 9.59 Å². The average molecular weight is 411 g/mol. The quantitative estimate of drug-likeness (QED) is 0.445. The van der Waals surface area contributed by atoms with Gasteiger partial charge in [0.2, 0.25) is 0 Å². The van der Waals surface area contributed by atoms with Crippen molar-refractivity contribution in [2.24, 2.45) is 0 Å². The molecule has 0 bridgehead atoms. The van der Waals surface area contributed by atoms with Crippen molar-refractivity contribution in [3.63, 3.8) is 0 Å². The van der Waals surface area contributed by atoms with Gasteiger partial charge in [0.05, 0.1) is 6.61 Å². The summed E-state index contributed by atoms with van der Waals surface area (Å²) < 4.78 is 9.71. The van der Waals surface area contributed by atoms with Gasteiger partial charge in [-0.15, -0.1) is 0 Å². The maximum Gasteiger partial charge on any atom is 0.513 e. The molecule has 0 atom stereocenters. The van der Waals surface area contributed by atoms with Gasteiger partial charge in [0.15, 0.2) is 0 Å². The molecule has 0 saturated carbocycles. The molecule has 0 aromatic heterocycles. The standard InChI is InChI=1S/C22H25N3O5/c1-2-29-22(28)30-19-9-5-16(6-10-19)21(27)25-13-11-18(12-14-25)24-20(26)15-3-7-17(23)8-4-15/h3-10,18H,2,11-14,23H2,1H3,(H,24,26). The Morgan fingerprint density at radius 2 is 1.60 bits per heavy atom. The summed E-state index contributed by atoms with van der Waals surface area (Å²) in [4.78, 5) is 38.1. The van der Waals surface area contributed by atoms with Gasteiger partial charge < -0.3 is 25.4 Å². The molecule has 2 aromatic rings. The molecule has 3 rings (SSSR count). The van der Waals surface area contributed by atoms with Crippen LogP contribution >= 0.6 is 0 Å². The molecule has 2 aromatic carbocycles. The number of rotatable bonds is 5. The fourth-order valence-electron chi connectivity index (χ4n) is 3.22. The van der Waals surface area contributed by atoms with E-state index in [1.54, 1.807) is 60.4 Å². The second kappa shape index (κ2) is 9.78. The fourth-order valence-corrected chi connectivity index (χ4v) is 3.22. The number of nitrogens with one attached hydrogen (secondary N) is 1. The van der Waals surface area contributed by atoms with E-state index >= 15 is 0 Å². The van der Waals surface area contributed by atoms with Gasteiger partial charge in [-0.2, -0.15) is 0 Å². The van der Waals surface area contributed by atoms with E-state index in [0.717, 1.165) is 0 Å². The summed E-state index contributed by atoms with van der Waals surface area (Å²) in [5.74, 6) is 0.0760. The van der Waals surface area contributed by atoms with Crippen molar-refractivity contribution in [3.05, 3.63) is 59.7 Å². The maximum absolute atomic E-state index is 12.7. The van der Waals surface area contributed by atoms with Crippen molar-refractivity contribution in [1.29, 1.82) is 0 Å². The number of nitrogen functional groups attached to an aromatic ring is 1. The van der Waals surface area contributed by atoms with Crippen molar-refractivity contribution in [3.8, 4) is 5.75 Å². The van der Waals surface area contributed by atoms with Crippen molar-refractivity contribution < 1.29 is 23.9 Å². The SMILES string of the molecule is CCOC(=O)Oc1ccc(C(=O)N2CCC(NC(=O)c3ccc(N)cc3)CC2)cc1. The minimum Gasteiger partial charge on any atom is -0.434 e. The highest BCUT2D eigenvalue weighted by atomic mass is 16.7. The Bertz CT molecular complexity index is 888. The lowest BCUT2D eigenvalue weighted by Gasteiger charge is -2.32. The van der Waals surface area contributed by atoms with Crippen LogP contribution in [0.5, 0.6) is 5.75 Å². The molecule has 2 amide bonds. The molecule has 1 heterocycles. The minimum atomic E-state index is -0.778. The molecular weight excluding hydrogens is 386 g/mol. The minimum absolute atomic E-state index is 0.0134. The van der Waals surface area contributed by atoms with Crippen LogP contribution < -0.4 is 15.8 Å². The third-order valence-corrected chi connectivity index (χ3v) is 4.85. The van der Waals surface area contributed by atoms with Crippen LogP contribution in [0.3, 0.4) is 0 Å². The second-order valence-corrected chi connectivity index (χ2v) is 6.97. The Labute approximate surface area is 174 Å². The summed E-state index contributed by atoms with van der Waals surface area (Å²) in [5, 5.41) is 3.01. The Morgan fingerprint density at radius 1 is 1.00 bits per heavy atom. The number of amides is 2.